The molecular weight excluding hydrogens is 346 g/mol. The molecule has 0 aliphatic carbocycles. The molecule has 2 heterocycles. The Balaban J connectivity index is 1.73. The molecule has 2 atom stereocenters. The van der Waals surface area contributed by atoms with E-state index in [0.717, 1.165) is 6.42 Å². The van der Waals surface area contributed by atoms with Crippen LogP contribution in [0.2, 0.25) is 0 Å². The van der Waals surface area contributed by atoms with Gasteiger partial charge < -0.3 is 19.8 Å². The highest BCUT2D eigenvalue weighted by molar-refractivity contribution is 5.76. The van der Waals surface area contributed by atoms with E-state index in [1.807, 2.05) is 35.2 Å². The van der Waals surface area contributed by atoms with Gasteiger partial charge in [-0.15, -0.1) is 0 Å². The summed E-state index contributed by atoms with van der Waals surface area (Å²) in [6, 6.07) is 9.96. The number of piperidine rings is 1. The number of aliphatic hydroxyl groups is 1. The number of aromatic nitrogens is 2. The SMILES string of the molecule is COc1cnc(N2CC[C@@H](O)[C@](CCCc3ccccc3)(C(=O)O)C2)nc1. The van der Waals surface area contributed by atoms with E-state index in [4.69, 9.17) is 4.74 Å². The topological polar surface area (TPSA) is 95.8 Å². The van der Waals surface area contributed by atoms with Crippen LogP contribution in [0.3, 0.4) is 0 Å². The van der Waals surface area contributed by atoms with Crippen molar-refractivity contribution in [2.45, 2.75) is 31.8 Å². The summed E-state index contributed by atoms with van der Waals surface area (Å²) in [5, 5.41) is 20.5. The average molecular weight is 371 g/mol. The summed E-state index contributed by atoms with van der Waals surface area (Å²) in [7, 11) is 1.54. The van der Waals surface area contributed by atoms with E-state index in [1.165, 1.54) is 12.7 Å². The Hall–Kier alpha value is -2.67. The molecular formula is C20H25N3O4. The molecule has 0 unspecified atom stereocenters. The second-order valence-electron chi connectivity index (χ2n) is 6.95. The van der Waals surface area contributed by atoms with Crippen molar-refractivity contribution in [3.05, 3.63) is 48.3 Å². The van der Waals surface area contributed by atoms with Gasteiger partial charge in [0.05, 0.1) is 25.6 Å². The van der Waals surface area contributed by atoms with Gasteiger partial charge >= 0.3 is 5.97 Å². The first-order chi connectivity index (χ1) is 13.0. The molecule has 1 saturated heterocycles. The summed E-state index contributed by atoms with van der Waals surface area (Å²) in [4.78, 5) is 22.5. The molecule has 27 heavy (non-hydrogen) atoms. The van der Waals surface area contributed by atoms with Gasteiger partial charge in [-0.05, 0) is 31.2 Å². The first-order valence-corrected chi connectivity index (χ1v) is 9.11. The quantitative estimate of drug-likeness (QED) is 0.770. The monoisotopic (exact) mass is 371 g/mol. The van der Waals surface area contributed by atoms with Crippen molar-refractivity contribution in [3.8, 4) is 5.75 Å². The zero-order valence-corrected chi connectivity index (χ0v) is 15.4. The van der Waals surface area contributed by atoms with Crippen LogP contribution in [0.5, 0.6) is 5.75 Å². The lowest BCUT2D eigenvalue weighted by Gasteiger charge is -2.43. The summed E-state index contributed by atoms with van der Waals surface area (Å²) < 4.78 is 5.07. The predicted octanol–water partition coefficient (Wildman–Crippen LogP) is 2.15. The number of aryl methyl sites for hydroxylation is 1. The Morgan fingerprint density at radius 3 is 2.63 bits per heavy atom. The third-order valence-electron chi connectivity index (χ3n) is 5.27. The Morgan fingerprint density at radius 2 is 2.00 bits per heavy atom. The fourth-order valence-corrected chi connectivity index (χ4v) is 3.64. The van der Waals surface area contributed by atoms with Crippen molar-refractivity contribution >= 4 is 11.9 Å². The van der Waals surface area contributed by atoms with Crippen LogP contribution in [0.25, 0.3) is 0 Å². The van der Waals surface area contributed by atoms with Gasteiger partial charge in [0.2, 0.25) is 5.95 Å². The van der Waals surface area contributed by atoms with E-state index in [2.05, 4.69) is 9.97 Å². The molecule has 7 nitrogen and oxygen atoms in total. The predicted molar refractivity (Wildman–Crippen MR) is 101 cm³/mol. The Kier molecular flexibility index (Phi) is 5.91. The number of methoxy groups -OCH3 is 1. The van der Waals surface area contributed by atoms with E-state index >= 15 is 0 Å². The lowest BCUT2D eigenvalue weighted by atomic mass is 9.73. The molecule has 0 bridgehead atoms. The number of hydrogen-bond donors (Lipinski definition) is 2. The zero-order valence-electron chi connectivity index (χ0n) is 15.4. The minimum Gasteiger partial charge on any atom is -0.494 e. The van der Waals surface area contributed by atoms with Crippen LogP contribution in [0.4, 0.5) is 5.95 Å². The number of carboxylic acids is 1. The number of rotatable bonds is 7. The number of aliphatic hydroxyl groups excluding tert-OH is 1. The van der Waals surface area contributed by atoms with Crippen LogP contribution in [0, 0.1) is 5.41 Å². The van der Waals surface area contributed by atoms with Gasteiger partial charge in [-0.3, -0.25) is 4.79 Å². The van der Waals surface area contributed by atoms with Gasteiger partial charge in [0.15, 0.2) is 5.75 Å². The largest absolute Gasteiger partial charge is 0.494 e. The molecule has 7 heteroatoms. The van der Waals surface area contributed by atoms with Gasteiger partial charge in [-0.2, -0.15) is 0 Å². The molecule has 1 aromatic carbocycles. The second-order valence-corrected chi connectivity index (χ2v) is 6.95. The standard InChI is InChI=1S/C20H25N3O4/c1-27-16-12-21-19(22-13-16)23-11-9-17(24)20(14-23,18(25)26)10-5-8-15-6-3-2-4-7-15/h2-4,6-7,12-13,17,24H,5,8-11,14H2,1H3,(H,25,26)/t17-,20-/m1/s1. The van der Waals surface area contributed by atoms with Gasteiger partial charge in [-0.25, -0.2) is 9.97 Å². The van der Waals surface area contributed by atoms with Crippen molar-refractivity contribution < 1.29 is 19.7 Å². The minimum atomic E-state index is -1.23. The van der Waals surface area contributed by atoms with Crippen LogP contribution in [-0.4, -0.2) is 52.5 Å². The summed E-state index contributed by atoms with van der Waals surface area (Å²) >= 11 is 0. The Labute approximate surface area is 158 Å². The molecule has 1 aromatic heterocycles. The van der Waals surface area contributed by atoms with E-state index in [0.29, 0.717) is 37.5 Å². The fraction of sp³-hybridized carbons (Fsp3) is 0.450. The number of anilines is 1. The first kappa shape index (κ1) is 19.1. The lowest BCUT2D eigenvalue weighted by molar-refractivity contribution is -0.158. The van der Waals surface area contributed by atoms with E-state index in [-0.39, 0.29) is 6.54 Å². The molecule has 0 amide bonds. The third-order valence-corrected chi connectivity index (χ3v) is 5.27. The summed E-state index contributed by atoms with van der Waals surface area (Å²) in [6.07, 6.45) is 4.46. The average Bonchev–Trinajstić information content (AvgIpc) is 2.70. The number of aliphatic carboxylic acids is 1. The number of nitrogens with zero attached hydrogens (tertiary/aromatic N) is 3. The molecule has 1 aliphatic heterocycles. The van der Waals surface area contributed by atoms with Gasteiger partial charge in [0.25, 0.3) is 0 Å². The van der Waals surface area contributed by atoms with E-state index in [9.17, 15) is 15.0 Å². The van der Waals surface area contributed by atoms with Crippen LogP contribution in [0.1, 0.15) is 24.8 Å². The third kappa shape index (κ3) is 4.19. The Morgan fingerprint density at radius 1 is 1.30 bits per heavy atom. The molecule has 0 spiro atoms. The van der Waals surface area contributed by atoms with Crippen molar-refractivity contribution in [1.82, 2.24) is 9.97 Å². The molecule has 2 N–H and O–H groups in total. The fourth-order valence-electron chi connectivity index (χ4n) is 3.64. The van der Waals surface area contributed by atoms with Crippen LogP contribution < -0.4 is 9.64 Å². The Bertz CT molecular complexity index is 754. The lowest BCUT2D eigenvalue weighted by Crippen LogP contribution is -2.56. The maximum absolute atomic E-state index is 12.2. The highest BCUT2D eigenvalue weighted by Gasteiger charge is 2.49. The molecule has 1 fully saturated rings. The van der Waals surface area contributed by atoms with E-state index < -0.39 is 17.5 Å². The van der Waals surface area contributed by atoms with Crippen molar-refractivity contribution in [3.63, 3.8) is 0 Å². The van der Waals surface area contributed by atoms with Crippen molar-refractivity contribution in [1.29, 1.82) is 0 Å². The molecule has 0 saturated carbocycles. The minimum absolute atomic E-state index is 0.185. The highest BCUT2D eigenvalue weighted by atomic mass is 16.5. The van der Waals surface area contributed by atoms with Crippen LogP contribution >= 0.6 is 0 Å². The van der Waals surface area contributed by atoms with Crippen molar-refractivity contribution in [2.24, 2.45) is 5.41 Å². The van der Waals surface area contributed by atoms with Gasteiger partial charge in [0.1, 0.15) is 5.41 Å². The van der Waals surface area contributed by atoms with Gasteiger partial charge in [0, 0.05) is 13.1 Å². The maximum Gasteiger partial charge on any atom is 0.314 e. The molecule has 1 aliphatic rings. The number of hydrogen-bond acceptors (Lipinski definition) is 6. The number of benzene rings is 1. The molecule has 144 valence electrons. The molecule has 3 rings (SSSR count). The normalized spacial score (nSPS) is 22.4. The maximum atomic E-state index is 12.2. The highest BCUT2D eigenvalue weighted by Crippen LogP contribution is 2.37. The summed E-state index contributed by atoms with van der Waals surface area (Å²) in [5.41, 5.74) is -0.0604. The molecule has 2 aromatic rings. The number of carbonyl (C=O) groups is 1. The smallest absolute Gasteiger partial charge is 0.314 e. The van der Waals surface area contributed by atoms with E-state index in [1.54, 1.807) is 12.4 Å². The second kappa shape index (κ2) is 8.35. The van der Waals surface area contributed by atoms with Crippen LogP contribution in [-0.2, 0) is 11.2 Å². The van der Waals surface area contributed by atoms with Crippen LogP contribution in [0.15, 0.2) is 42.7 Å². The number of ether oxygens (including phenoxy) is 1. The first-order valence-electron chi connectivity index (χ1n) is 9.11. The molecule has 0 radical (unpaired) electrons. The van der Waals surface area contributed by atoms with Gasteiger partial charge in [-0.1, -0.05) is 30.3 Å². The zero-order chi connectivity index (χ0) is 19.3. The van der Waals surface area contributed by atoms with Crippen molar-refractivity contribution in [2.75, 3.05) is 25.1 Å². The summed E-state index contributed by atoms with van der Waals surface area (Å²) in [5.74, 6) is 0.0285. The summed E-state index contributed by atoms with van der Waals surface area (Å²) in [6.45, 7) is 0.700. The number of carboxylic acid groups (broad SMARTS) is 1.